The lowest BCUT2D eigenvalue weighted by Crippen LogP contribution is -2.40. The molecule has 1 N–H and O–H groups in total. The van der Waals surface area contributed by atoms with Gasteiger partial charge in [0.1, 0.15) is 18.7 Å². The highest BCUT2D eigenvalue weighted by Crippen LogP contribution is 2.09. The SMILES string of the molecule is CCn1ncnc1[C@@H](C)NC(=O)CN1CCN(C)C1=O. The van der Waals surface area contributed by atoms with Gasteiger partial charge in [0.15, 0.2) is 0 Å². The molecular weight excluding hydrogens is 260 g/mol. The first-order chi connectivity index (χ1) is 9.52. The molecule has 0 spiro atoms. The fourth-order valence-corrected chi connectivity index (χ4v) is 2.23. The molecule has 1 aromatic heterocycles. The topological polar surface area (TPSA) is 83.4 Å². The van der Waals surface area contributed by atoms with Crippen LogP contribution in [0.1, 0.15) is 25.7 Å². The van der Waals surface area contributed by atoms with E-state index in [1.165, 1.54) is 11.2 Å². The van der Waals surface area contributed by atoms with Crippen molar-refractivity contribution >= 4 is 11.9 Å². The number of hydrogen-bond acceptors (Lipinski definition) is 4. The third-order valence-corrected chi connectivity index (χ3v) is 3.35. The minimum Gasteiger partial charge on any atom is -0.345 e. The van der Waals surface area contributed by atoms with Gasteiger partial charge in [0.05, 0.1) is 6.04 Å². The summed E-state index contributed by atoms with van der Waals surface area (Å²) in [5, 5.41) is 6.92. The van der Waals surface area contributed by atoms with Crippen molar-refractivity contribution in [2.75, 3.05) is 26.7 Å². The second kappa shape index (κ2) is 5.89. The van der Waals surface area contributed by atoms with Crippen molar-refractivity contribution in [2.24, 2.45) is 0 Å². The van der Waals surface area contributed by atoms with Crippen LogP contribution in [0.3, 0.4) is 0 Å². The van der Waals surface area contributed by atoms with Crippen LogP contribution in [0.2, 0.25) is 0 Å². The van der Waals surface area contributed by atoms with Gasteiger partial charge in [-0.15, -0.1) is 0 Å². The average molecular weight is 280 g/mol. The molecule has 20 heavy (non-hydrogen) atoms. The number of urea groups is 1. The fraction of sp³-hybridized carbons (Fsp3) is 0.667. The first kappa shape index (κ1) is 14.3. The van der Waals surface area contributed by atoms with E-state index in [9.17, 15) is 9.59 Å². The number of aryl methyl sites for hydroxylation is 1. The minimum atomic E-state index is -0.236. The second-order valence-corrected chi connectivity index (χ2v) is 4.85. The highest BCUT2D eigenvalue weighted by molar-refractivity contribution is 5.85. The predicted octanol–water partition coefficient (Wildman–Crippen LogP) is -0.157. The van der Waals surface area contributed by atoms with Gasteiger partial charge in [-0.05, 0) is 13.8 Å². The first-order valence-electron chi connectivity index (χ1n) is 6.70. The van der Waals surface area contributed by atoms with Crippen molar-refractivity contribution in [1.29, 1.82) is 0 Å². The van der Waals surface area contributed by atoms with Crippen LogP contribution in [0.4, 0.5) is 4.79 Å². The van der Waals surface area contributed by atoms with Crippen LogP contribution in [-0.2, 0) is 11.3 Å². The summed E-state index contributed by atoms with van der Waals surface area (Å²) >= 11 is 0. The zero-order chi connectivity index (χ0) is 14.7. The van der Waals surface area contributed by atoms with E-state index in [-0.39, 0.29) is 24.5 Å². The Kier molecular flexibility index (Phi) is 4.21. The smallest absolute Gasteiger partial charge is 0.320 e. The molecule has 3 amide bonds. The van der Waals surface area contributed by atoms with Gasteiger partial charge in [-0.25, -0.2) is 14.5 Å². The van der Waals surface area contributed by atoms with E-state index in [4.69, 9.17) is 0 Å². The number of nitrogens with zero attached hydrogens (tertiary/aromatic N) is 5. The second-order valence-electron chi connectivity index (χ2n) is 4.85. The maximum atomic E-state index is 12.0. The Morgan fingerprint density at radius 2 is 2.25 bits per heavy atom. The lowest BCUT2D eigenvalue weighted by Gasteiger charge is -2.18. The Morgan fingerprint density at radius 1 is 1.50 bits per heavy atom. The van der Waals surface area contributed by atoms with Crippen molar-refractivity contribution < 1.29 is 9.59 Å². The molecule has 1 aliphatic heterocycles. The van der Waals surface area contributed by atoms with Crippen molar-refractivity contribution in [3.8, 4) is 0 Å². The molecule has 1 aromatic rings. The molecule has 0 aromatic carbocycles. The Balaban J connectivity index is 1.90. The molecule has 0 radical (unpaired) electrons. The predicted molar refractivity (Wildman–Crippen MR) is 71.9 cm³/mol. The number of nitrogens with one attached hydrogen (secondary N) is 1. The van der Waals surface area contributed by atoms with Crippen LogP contribution in [0, 0.1) is 0 Å². The molecule has 1 atom stereocenters. The fourth-order valence-electron chi connectivity index (χ4n) is 2.23. The Labute approximate surface area is 117 Å². The molecule has 1 saturated heterocycles. The molecule has 1 fully saturated rings. The molecule has 0 aliphatic carbocycles. The van der Waals surface area contributed by atoms with E-state index >= 15 is 0 Å². The summed E-state index contributed by atoms with van der Waals surface area (Å²) in [4.78, 5) is 31.0. The number of likely N-dealkylation sites (N-methyl/N-ethyl adjacent to an activating group) is 1. The third kappa shape index (κ3) is 2.89. The summed E-state index contributed by atoms with van der Waals surface area (Å²) in [7, 11) is 1.73. The lowest BCUT2D eigenvalue weighted by molar-refractivity contribution is -0.122. The van der Waals surface area contributed by atoms with E-state index in [0.29, 0.717) is 25.5 Å². The Bertz CT molecular complexity index is 500. The van der Waals surface area contributed by atoms with Gasteiger partial charge in [-0.3, -0.25) is 4.79 Å². The zero-order valence-corrected chi connectivity index (χ0v) is 12.0. The van der Waals surface area contributed by atoms with Crippen LogP contribution in [0.15, 0.2) is 6.33 Å². The maximum absolute atomic E-state index is 12.0. The highest BCUT2D eigenvalue weighted by atomic mass is 16.2. The molecule has 8 heteroatoms. The number of hydrogen-bond donors (Lipinski definition) is 1. The first-order valence-corrected chi connectivity index (χ1v) is 6.70. The van der Waals surface area contributed by atoms with Crippen LogP contribution in [0.25, 0.3) is 0 Å². The van der Waals surface area contributed by atoms with Gasteiger partial charge in [-0.2, -0.15) is 5.10 Å². The molecule has 0 unspecified atom stereocenters. The summed E-state index contributed by atoms with van der Waals surface area (Å²) in [5.41, 5.74) is 0. The number of carbonyl (C=O) groups excluding carboxylic acids is 2. The van der Waals surface area contributed by atoms with Crippen molar-refractivity contribution in [3.05, 3.63) is 12.2 Å². The molecule has 2 rings (SSSR count). The molecular formula is C12H20N6O2. The van der Waals surface area contributed by atoms with Crippen LogP contribution in [-0.4, -0.2) is 63.2 Å². The number of aromatic nitrogens is 3. The summed E-state index contributed by atoms with van der Waals surface area (Å²) in [5.74, 6) is 0.525. The van der Waals surface area contributed by atoms with Crippen LogP contribution in [0.5, 0.6) is 0 Å². The van der Waals surface area contributed by atoms with Crippen molar-refractivity contribution in [1.82, 2.24) is 29.9 Å². The number of amides is 3. The molecule has 0 bridgehead atoms. The Hall–Kier alpha value is -2.12. The Morgan fingerprint density at radius 3 is 2.85 bits per heavy atom. The third-order valence-electron chi connectivity index (χ3n) is 3.35. The summed E-state index contributed by atoms with van der Waals surface area (Å²) in [6, 6.07) is -0.343. The van der Waals surface area contributed by atoms with E-state index in [2.05, 4.69) is 15.4 Å². The van der Waals surface area contributed by atoms with E-state index in [1.807, 2.05) is 13.8 Å². The van der Waals surface area contributed by atoms with Gasteiger partial charge in [-0.1, -0.05) is 0 Å². The van der Waals surface area contributed by atoms with E-state index < -0.39 is 0 Å². The zero-order valence-electron chi connectivity index (χ0n) is 12.0. The largest absolute Gasteiger partial charge is 0.345 e. The molecule has 1 aliphatic rings. The van der Waals surface area contributed by atoms with Gasteiger partial charge >= 0.3 is 6.03 Å². The van der Waals surface area contributed by atoms with Gasteiger partial charge in [0.2, 0.25) is 5.91 Å². The summed E-state index contributed by atoms with van der Waals surface area (Å²) < 4.78 is 1.74. The van der Waals surface area contributed by atoms with E-state index in [0.717, 1.165) is 0 Å². The van der Waals surface area contributed by atoms with Crippen molar-refractivity contribution in [2.45, 2.75) is 26.4 Å². The van der Waals surface area contributed by atoms with Crippen molar-refractivity contribution in [3.63, 3.8) is 0 Å². The molecule has 2 heterocycles. The normalized spacial score (nSPS) is 16.6. The number of carbonyl (C=O) groups is 2. The number of rotatable bonds is 5. The van der Waals surface area contributed by atoms with Gasteiger partial charge in [0.25, 0.3) is 0 Å². The lowest BCUT2D eigenvalue weighted by atomic mass is 10.3. The quantitative estimate of drug-likeness (QED) is 0.812. The average Bonchev–Trinajstić information content (AvgIpc) is 3.00. The minimum absolute atomic E-state index is 0.0772. The highest BCUT2D eigenvalue weighted by Gasteiger charge is 2.27. The molecule has 8 nitrogen and oxygen atoms in total. The maximum Gasteiger partial charge on any atom is 0.320 e. The van der Waals surface area contributed by atoms with Gasteiger partial charge in [0, 0.05) is 26.7 Å². The summed E-state index contributed by atoms with van der Waals surface area (Å²) in [6.45, 7) is 5.84. The molecule has 0 saturated carbocycles. The van der Waals surface area contributed by atoms with E-state index in [1.54, 1.807) is 16.6 Å². The van der Waals surface area contributed by atoms with Crippen LogP contribution >= 0.6 is 0 Å². The monoisotopic (exact) mass is 280 g/mol. The van der Waals surface area contributed by atoms with Crippen LogP contribution < -0.4 is 5.32 Å². The van der Waals surface area contributed by atoms with Gasteiger partial charge < -0.3 is 15.1 Å². The summed E-state index contributed by atoms with van der Waals surface area (Å²) in [6.07, 6.45) is 1.47. The molecule has 110 valence electrons. The standard InChI is InChI=1S/C12H20N6O2/c1-4-18-11(13-8-14-18)9(2)15-10(19)7-17-6-5-16(3)12(17)20/h8-9H,4-7H2,1-3H3,(H,15,19)/t9-/m1/s1.